The molecule has 2 aromatic rings. The predicted octanol–water partition coefficient (Wildman–Crippen LogP) is -0.478. The average molecular weight is 578 g/mol. The van der Waals surface area contributed by atoms with Gasteiger partial charge in [-0.1, -0.05) is 0 Å². The lowest BCUT2D eigenvalue weighted by Crippen LogP contribution is -2.59. The molecule has 220 valence electrons. The number of esters is 1. The summed E-state index contributed by atoms with van der Waals surface area (Å²) < 4.78 is 33.2. The Morgan fingerprint density at radius 3 is 2.46 bits per heavy atom. The quantitative estimate of drug-likeness (QED) is 0.116. The highest BCUT2D eigenvalue weighted by molar-refractivity contribution is 5.90. The Bertz CT molecular complexity index is 1330. The molecule has 15 heteroatoms. The van der Waals surface area contributed by atoms with Crippen LogP contribution >= 0.6 is 0 Å². The lowest BCUT2D eigenvalue weighted by molar-refractivity contribution is -0.365. The lowest BCUT2D eigenvalue weighted by Gasteiger charge is -2.39. The second kappa shape index (κ2) is 10.8. The second-order valence-electron chi connectivity index (χ2n) is 9.78. The SMILES string of the molecule is O=C(O)CC(=O)OC[C@H]1O[C@@H](O)[C@H](OOc2ccc3c(c2)[C@H]2Oc4cc5c(cc4[C@H]2CO3)O[C@@H](CO)O5)[C@@H](O)[C@@H]1O. The van der Waals surface area contributed by atoms with Gasteiger partial charge in [-0.2, -0.15) is 4.89 Å². The zero-order chi connectivity index (χ0) is 28.8. The first kappa shape index (κ1) is 27.3. The molecule has 6 rings (SSSR count). The molecule has 0 saturated carbocycles. The minimum atomic E-state index is -1.79. The molecule has 5 N–H and O–H groups in total. The Hall–Kier alpha value is -3.86. The molecule has 15 nitrogen and oxygen atoms in total. The monoisotopic (exact) mass is 578 g/mol. The summed E-state index contributed by atoms with van der Waals surface area (Å²) in [5.41, 5.74) is 1.50. The first-order chi connectivity index (χ1) is 19.7. The van der Waals surface area contributed by atoms with Crippen molar-refractivity contribution in [3.8, 4) is 28.7 Å². The fourth-order valence-corrected chi connectivity index (χ4v) is 5.09. The van der Waals surface area contributed by atoms with Gasteiger partial charge in [0.05, 0.1) is 12.5 Å². The van der Waals surface area contributed by atoms with Crippen molar-refractivity contribution in [1.82, 2.24) is 0 Å². The molecule has 4 aliphatic heterocycles. The number of hydrogen-bond acceptors (Lipinski definition) is 14. The summed E-state index contributed by atoms with van der Waals surface area (Å²) in [7, 11) is 0. The van der Waals surface area contributed by atoms with Crippen LogP contribution in [0, 0.1) is 0 Å². The van der Waals surface area contributed by atoms with Crippen molar-refractivity contribution >= 4 is 11.9 Å². The van der Waals surface area contributed by atoms with Gasteiger partial charge in [-0.15, -0.1) is 0 Å². The van der Waals surface area contributed by atoms with Crippen LogP contribution in [0.15, 0.2) is 30.3 Å². The molecule has 1 fully saturated rings. The molecule has 0 spiro atoms. The van der Waals surface area contributed by atoms with E-state index >= 15 is 0 Å². The summed E-state index contributed by atoms with van der Waals surface area (Å²) in [5.74, 6) is -0.377. The lowest BCUT2D eigenvalue weighted by atomic mass is 9.89. The third-order valence-corrected chi connectivity index (χ3v) is 7.09. The highest BCUT2D eigenvalue weighted by Crippen LogP contribution is 2.54. The number of aliphatic hydroxyl groups is 4. The van der Waals surface area contributed by atoms with E-state index < -0.39 is 68.1 Å². The maximum atomic E-state index is 11.4. The summed E-state index contributed by atoms with van der Waals surface area (Å²) >= 11 is 0. The van der Waals surface area contributed by atoms with Gasteiger partial charge in [-0.25, -0.2) is 0 Å². The van der Waals surface area contributed by atoms with E-state index in [0.29, 0.717) is 35.2 Å². The fourth-order valence-electron chi connectivity index (χ4n) is 5.09. The number of fused-ring (bicyclic) bond motifs is 6. The van der Waals surface area contributed by atoms with Gasteiger partial charge in [-0.05, 0) is 24.3 Å². The van der Waals surface area contributed by atoms with Crippen molar-refractivity contribution in [2.45, 2.75) is 55.4 Å². The van der Waals surface area contributed by atoms with Crippen LogP contribution in [-0.2, 0) is 24.0 Å². The molecular formula is C26H26O15. The molecular weight excluding hydrogens is 552 g/mol. The number of carbonyl (C=O) groups excluding carboxylic acids is 1. The van der Waals surface area contributed by atoms with Crippen molar-refractivity contribution < 1.29 is 73.3 Å². The van der Waals surface area contributed by atoms with Crippen molar-refractivity contribution in [2.24, 2.45) is 0 Å². The van der Waals surface area contributed by atoms with Crippen molar-refractivity contribution in [1.29, 1.82) is 0 Å². The maximum Gasteiger partial charge on any atom is 0.317 e. The van der Waals surface area contributed by atoms with Crippen LogP contribution in [0.25, 0.3) is 0 Å². The summed E-state index contributed by atoms with van der Waals surface area (Å²) in [5, 5.41) is 49.1. The van der Waals surface area contributed by atoms with E-state index in [9.17, 15) is 30.0 Å². The molecule has 41 heavy (non-hydrogen) atoms. The van der Waals surface area contributed by atoms with Crippen molar-refractivity contribution in [2.75, 3.05) is 19.8 Å². The van der Waals surface area contributed by atoms with Gasteiger partial charge in [0.15, 0.2) is 29.6 Å². The molecule has 4 aliphatic rings. The van der Waals surface area contributed by atoms with Crippen LogP contribution in [-0.4, -0.2) is 94.3 Å². The molecule has 0 aromatic heterocycles. The summed E-state index contributed by atoms with van der Waals surface area (Å²) in [6, 6.07) is 8.31. The van der Waals surface area contributed by atoms with Gasteiger partial charge in [-0.3, -0.25) is 9.59 Å². The van der Waals surface area contributed by atoms with Gasteiger partial charge >= 0.3 is 11.9 Å². The average Bonchev–Trinajstić information content (AvgIpc) is 3.52. The molecule has 1 saturated heterocycles. The molecule has 4 heterocycles. The Labute approximate surface area is 231 Å². The smallest absolute Gasteiger partial charge is 0.317 e. The van der Waals surface area contributed by atoms with E-state index in [1.165, 1.54) is 6.07 Å². The number of carboxylic acids is 1. The molecule has 0 radical (unpaired) electrons. The van der Waals surface area contributed by atoms with Crippen LogP contribution in [0.2, 0.25) is 0 Å². The summed E-state index contributed by atoms with van der Waals surface area (Å²) in [6.07, 6.45) is -10.1. The van der Waals surface area contributed by atoms with Crippen LogP contribution in [0.5, 0.6) is 28.7 Å². The van der Waals surface area contributed by atoms with Crippen LogP contribution in [0.3, 0.4) is 0 Å². The first-order valence-electron chi connectivity index (χ1n) is 12.7. The van der Waals surface area contributed by atoms with Gasteiger partial charge in [0, 0.05) is 17.2 Å². The van der Waals surface area contributed by atoms with Crippen molar-refractivity contribution in [3.05, 3.63) is 41.5 Å². The normalized spacial score (nSPS) is 30.7. The Kier molecular flexibility index (Phi) is 7.23. The molecule has 0 unspecified atom stereocenters. The van der Waals surface area contributed by atoms with E-state index in [1.807, 2.05) is 0 Å². The topological polar surface area (TPSA) is 209 Å². The van der Waals surface area contributed by atoms with Gasteiger partial charge in [0.25, 0.3) is 6.29 Å². The first-order valence-corrected chi connectivity index (χ1v) is 12.7. The molecule has 0 bridgehead atoms. The molecule has 2 aromatic carbocycles. The second-order valence-corrected chi connectivity index (χ2v) is 9.78. The van der Waals surface area contributed by atoms with Gasteiger partial charge in [0.2, 0.25) is 0 Å². The van der Waals surface area contributed by atoms with Crippen LogP contribution < -0.4 is 23.8 Å². The standard InChI is InChI=1S/C26H26O15/c27-7-21-36-16-4-11-13-8-34-14-2-1-10(3-12(14)24(13)38-15(11)5-17(16)37-21)40-41-25-23(32)22(31)18(39-26(25)33)9-35-20(30)6-19(28)29/h1-5,13,18,21-27,31-33H,6-9H2,(H,28,29)/t13-,18-,21-,22-,23+,24-,25-,26-/m1/s1. The Morgan fingerprint density at radius 2 is 1.71 bits per heavy atom. The minimum Gasteiger partial charge on any atom is -0.492 e. The molecule has 0 amide bonds. The summed E-state index contributed by atoms with van der Waals surface area (Å²) in [6.45, 7) is -0.556. The van der Waals surface area contributed by atoms with Gasteiger partial charge in [0.1, 0.15) is 55.5 Å². The number of aliphatic hydroxyl groups excluding tert-OH is 4. The number of carboxylic acid groups (broad SMARTS) is 1. The number of hydrogen-bond donors (Lipinski definition) is 5. The zero-order valence-electron chi connectivity index (χ0n) is 21.2. The highest BCUT2D eigenvalue weighted by Gasteiger charge is 2.47. The number of ether oxygens (including phenoxy) is 6. The van der Waals surface area contributed by atoms with Crippen LogP contribution in [0.1, 0.15) is 29.6 Å². The zero-order valence-corrected chi connectivity index (χ0v) is 21.2. The largest absolute Gasteiger partial charge is 0.492 e. The van der Waals surface area contributed by atoms with E-state index in [4.69, 9.17) is 43.3 Å². The van der Waals surface area contributed by atoms with E-state index in [1.54, 1.807) is 24.3 Å². The van der Waals surface area contributed by atoms with Gasteiger partial charge < -0.3 is 58.8 Å². The van der Waals surface area contributed by atoms with E-state index in [0.717, 1.165) is 5.56 Å². The molecule has 0 aliphatic carbocycles. The number of aliphatic carboxylic acids is 1. The summed E-state index contributed by atoms with van der Waals surface area (Å²) in [4.78, 5) is 32.6. The minimum absolute atomic E-state index is 0.172. The van der Waals surface area contributed by atoms with Crippen LogP contribution in [0.4, 0.5) is 0 Å². The number of benzene rings is 2. The fraction of sp³-hybridized carbons (Fsp3) is 0.462. The van der Waals surface area contributed by atoms with Crippen molar-refractivity contribution in [3.63, 3.8) is 0 Å². The number of rotatable bonds is 8. The Morgan fingerprint density at radius 1 is 0.927 bits per heavy atom. The third-order valence-electron chi connectivity index (χ3n) is 7.09. The maximum absolute atomic E-state index is 11.4. The number of carbonyl (C=O) groups is 2. The predicted molar refractivity (Wildman–Crippen MR) is 128 cm³/mol. The van der Waals surface area contributed by atoms with E-state index in [2.05, 4.69) is 0 Å². The third kappa shape index (κ3) is 5.18. The molecule has 8 atom stereocenters. The Balaban J connectivity index is 1.10. The highest BCUT2D eigenvalue weighted by atomic mass is 17.2. The van der Waals surface area contributed by atoms with E-state index in [-0.39, 0.29) is 18.3 Å².